The summed E-state index contributed by atoms with van der Waals surface area (Å²) in [5.41, 5.74) is 2.69. The van der Waals surface area contributed by atoms with Gasteiger partial charge in [-0.2, -0.15) is 5.10 Å². The molecule has 0 aliphatic carbocycles. The maximum atomic E-state index is 13.1. The summed E-state index contributed by atoms with van der Waals surface area (Å²) < 4.78 is 2.01. The van der Waals surface area contributed by atoms with Gasteiger partial charge in [-0.1, -0.05) is 24.3 Å². The fourth-order valence-corrected chi connectivity index (χ4v) is 4.33. The monoisotopic (exact) mass is 352 g/mol. The summed E-state index contributed by atoms with van der Waals surface area (Å²) in [6.07, 6.45) is 8.07. The molecular weight excluding hydrogens is 324 g/mol. The second-order valence-corrected chi connectivity index (χ2v) is 7.73. The van der Waals surface area contributed by atoms with E-state index in [2.05, 4.69) is 46.2 Å². The van der Waals surface area contributed by atoms with Crippen LogP contribution < -0.4 is 0 Å². The Kier molecular flexibility index (Phi) is 5.07. The van der Waals surface area contributed by atoms with Gasteiger partial charge >= 0.3 is 0 Å². The van der Waals surface area contributed by atoms with Gasteiger partial charge in [0.05, 0.1) is 6.04 Å². The van der Waals surface area contributed by atoms with Gasteiger partial charge in [0.2, 0.25) is 5.91 Å². The van der Waals surface area contributed by atoms with Gasteiger partial charge in [0, 0.05) is 38.6 Å². The average Bonchev–Trinajstić information content (AvgIpc) is 3.19. The Morgan fingerprint density at radius 1 is 1.15 bits per heavy atom. The Bertz CT molecular complexity index is 734. The van der Waals surface area contributed by atoms with E-state index in [0.717, 1.165) is 51.9 Å². The summed E-state index contributed by atoms with van der Waals surface area (Å²) in [4.78, 5) is 17.4. The molecule has 0 radical (unpaired) electrons. The van der Waals surface area contributed by atoms with Crippen molar-refractivity contribution in [2.45, 2.75) is 44.8 Å². The van der Waals surface area contributed by atoms with Crippen LogP contribution in [0.5, 0.6) is 0 Å². The van der Waals surface area contributed by atoms with Crippen LogP contribution in [0.25, 0.3) is 0 Å². The lowest BCUT2D eigenvalue weighted by Gasteiger charge is -2.39. The minimum Gasteiger partial charge on any atom is -0.341 e. The van der Waals surface area contributed by atoms with E-state index in [1.165, 1.54) is 11.1 Å². The molecule has 5 heteroatoms. The highest BCUT2D eigenvalue weighted by Crippen LogP contribution is 2.26. The van der Waals surface area contributed by atoms with E-state index in [4.69, 9.17) is 0 Å². The van der Waals surface area contributed by atoms with Gasteiger partial charge in [-0.25, -0.2) is 0 Å². The van der Waals surface area contributed by atoms with Crippen molar-refractivity contribution in [3.8, 4) is 0 Å². The highest BCUT2D eigenvalue weighted by Gasteiger charge is 2.33. The van der Waals surface area contributed by atoms with Crippen LogP contribution in [0.1, 0.15) is 30.4 Å². The van der Waals surface area contributed by atoms with Crippen LogP contribution in [-0.2, 0) is 24.3 Å². The number of amides is 1. The first-order valence-electron chi connectivity index (χ1n) is 9.74. The third kappa shape index (κ3) is 3.68. The molecule has 1 atom stereocenters. The Morgan fingerprint density at radius 3 is 2.65 bits per heavy atom. The molecule has 0 bridgehead atoms. The quantitative estimate of drug-likeness (QED) is 0.849. The normalized spacial score (nSPS) is 21.6. The second-order valence-electron chi connectivity index (χ2n) is 7.73. The molecule has 0 saturated carbocycles. The molecule has 1 amide bonds. The number of hydrogen-bond acceptors (Lipinski definition) is 3. The molecule has 4 rings (SSSR count). The predicted molar refractivity (Wildman–Crippen MR) is 102 cm³/mol. The molecule has 5 nitrogen and oxygen atoms in total. The van der Waals surface area contributed by atoms with Crippen LogP contribution in [0, 0.1) is 5.92 Å². The van der Waals surface area contributed by atoms with E-state index >= 15 is 0 Å². The van der Waals surface area contributed by atoms with Crippen molar-refractivity contribution >= 4 is 5.91 Å². The fourth-order valence-electron chi connectivity index (χ4n) is 4.33. The molecule has 0 spiro atoms. The average molecular weight is 352 g/mol. The molecule has 0 N–H and O–H groups in total. The van der Waals surface area contributed by atoms with Crippen molar-refractivity contribution in [3.63, 3.8) is 0 Å². The van der Waals surface area contributed by atoms with E-state index in [0.29, 0.717) is 11.8 Å². The summed E-state index contributed by atoms with van der Waals surface area (Å²) in [5.74, 6) is 1.01. The highest BCUT2D eigenvalue weighted by atomic mass is 16.2. The van der Waals surface area contributed by atoms with Gasteiger partial charge in [-0.15, -0.1) is 0 Å². The zero-order valence-electron chi connectivity index (χ0n) is 15.6. The van der Waals surface area contributed by atoms with Gasteiger partial charge in [0.1, 0.15) is 0 Å². The van der Waals surface area contributed by atoms with Crippen molar-refractivity contribution < 1.29 is 4.79 Å². The first-order chi connectivity index (χ1) is 12.7. The molecule has 1 fully saturated rings. The van der Waals surface area contributed by atoms with Gasteiger partial charge in [0.15, 0.2) is 0 Å². The molecule has 26 heavy (non-hydrogen) atoms. The van der Waals surface area contributed by atoms with Gasteiger partial charge in [-0.3, -0.25) is 14.4 Å². The molecule has 1 unspecified atom stereocenters. The number of benzene rings is 1. The van der Waals surface area contributed by atoms with Crippen LogP contribution in [0.3, 0.4) is 0 Å². The second kappa shape index (κ2) is 7.62. The summed E-state index contributed by atoms with van der Waals surface area (Å²) in [6, 6.07) is 10.5. The van der Waals surface area contributed by atoms with Crippen molar-refractivity contribution in [3.05, 3.63) is 53.9 Å². The van der Waals surface area contributed by atoms with Crippen molar-refractivity contribution in [2.75, 3.05) is 20.1 Å². The lowest BCUT2D eigenvalue weighted by atomic mass is 9.91. The number of aromatic nitrogens is 2. The lowest BCUT2D eigenvalue weighted by Crippen LogP contribution is -2.52. The van der Waals surface area contributed by atoms with E-state index in [1.807, 2.05) is 23.1 Å². The molecule has 2 aromatic rings. The standard InChI is InChI=1S/C21H28N4O/c1-23-16-19-6-3-2-5-18(19)15-20(23)21(26)24-12-7-17(8-13-24)9-14-25-11-4-10-22-25/h2-6,10-11,17,20H,7-9,12-16H2,1H3. The molecule has 1 aromatic carbocycles. The maximum absolute atomic E-state index is 13.1. The first kappa shape index (κ1) is 17.3. The molecular formula is C21H28N4O. The number of aryl methyl sites for hydroxylation is 1. The SMILES string of the molecule is CN1Cc2ccccc2CC1C(=O)N1CCC(CCn2cccn2)CC1. The van der Waals surface area contributed by atoms with Crippen LogP contribution in [0.2, 0.25) is 0 Å². The summed E-state index contributed by atoms with van der Waals surface area (Å²) in [7, 11) is 2.08. The number of hydrogen-bond donors (Lipinski definition) is 0. The molecule has 138 valence electrons. The highest BCUT2D eigenvalue weighted by molar-refractivity contribution is 5.82. The Balaban J connectivity index is 1.31. The van der Waals surface area contributed by atoms with E-state index in [9.17, 15) is 4.79 Å². The number of likely N-dealkylation sites (N-methyl/N-ethyl adjacent to an activating group) is 1. The lowest BCUT2D eigenvalue weighted by molar-refractivity contribution is -0.138. The van der Waals surface area contributed by atoms with Gasteiger partial charge < -0.3 is 4.90 Å². The Hall–Kier alpha value is -2.14. The van der Waals surface area contributed by atoms with Gasteiger partial charge in [-0.05, 0) is 55.8 Å². The third-order valence-corrected chi connectivity index (χ3v) is 6.02. The topological polar surface area (TPSA) is 41.4 Å². The van der Waals surface area contributed by atoms with Crippen LogP contribution in [0.15, 0.2) is 42.7 Å². The zero-order valence-corrected chi connectivity index (χ0v) is 15.6. The van der Waals surface area contributed by atoms with Crippen molar-refractivity contribution in [1.29, 1.82) is 0 Å². The third-order valence-electron chi connectivity index (χ3n) is 6.02. The molecule has 2 aliphatic heterocycles. The molecule has 1 saturated heterocycles. The number of nitrogens with zero attached hydrogens (tertiary/aromatic N) is 4. The zero-order chi connectivity index (χ0) is 17.9. The van der Waals surface area contributed by atoms with E-state index < -0.39 is 0 Å². The van der Waals surface area contributed by atoms with Crippen LogP contribution in [-0.4, -0.2) is 51.7 Å². The summed E-state index contributed by atoms with van der Waals surface area (Å²) >= 11 is 0. The van der Waals surface area contributed by atoms with Crippen LogP contribution in [0.4, 0.5) is 0 Å². The number of carbonyl (C=O) groups excluding carboxylic acids is 1. The number of rotatable bonds is 4. The molecule has 2 aliphatic rings. The predicted octanol–water partition coefficient (Wildman–Crippen LogP) is 2.57. The number of fused-ring (bicyclic) bond motifs is 1. The summed E-state index contributed by atoms with van der Waals surface area (Å²) in [5, 5.41) is 4.28. The maximum Gasteiger partial charge on any atom is 0.240 e. The van der Waals surface area contributed by atoms with Crippen molar-refractivity contribution in [2.24, 2.45) is 5.92 Å². The minimum atomic E-state index is -0.00877. The Morgan fingerprint density at radius 2 is 1.92 bits per heavy atom. The molecule has 1 aromatic heterocycles. The Labute approximate surface area is 155 Å². The van der Waals surface area contributed by atoms with E-state index in [-0.39, 0.29) is 6.04 Å². The largest absolute Gasteiger partial charge is 0.341 e. The number of likely N-dealkylation sites (tertiary alicyclic amines) is 1. The summed E-state index contributed by atoms with van der Waals surface area (Å²) in [6.45, 7) is 3.64. The van der Waals surface area contributed by atoms with Gasteiger partial charge in [0.25, 0.3) is 0 Å². The minimum absolute atomic E-state index is 0.00877. The smallest absolute Gasteiger partial charge is 0.240 e. The fraction of sp³-hybridized carbons (Fsp3) is 0.524. The first-order valence-corrected chi connectivity index (χ1v) is 9.74. The van der Waals surface area contributed by atoms with Crippen molar-refractivity contribution in [1.82, 2.24) is 19.6 Å². The number of piperidine rings is 1. The van der Waals surface area contributed by atoms with Crippen LogP contribution >= 0.6 is 0 Å². The number of carbonyl (C=O) groups is 1. The molecule has 3 heterocycles. The van der Waals surface area contributed by atoms with E-state index in [1.54, 1.807) is 0 Å².